The molecule has 0 aromatic carbocycles. The van der Waals surface area contributed by atoms with Gasteiger partial charge in [-0.2, -0.15) is 0 Å². The van der Waals surface area contributed by atoms with E-state index in [1.165, 1.54) is 32.2 Å². The minimum absolute atomic E-state index is 0.790. The van der Waals surface area contributed by atoms with Crippen molar-refractivity contribution in [3.05, 3.63) is 0 Å². The van der Waals surface area contributed by atoms with Gasteiger partial charge in [-0.05, 0) is 44.1 Å². The van der Waals surface area contributed by atoms with E-state index in [4.69, 9.17) is 4.74 Å². The van der Waals surface area contributed by atoms with Gasteiger partial charge in [-0.25, -0.2) is 0 Å². The van der Waals surface area contributed by atoms with Crippen LogP contribution in [0.4, 0.5) is 0 Å². The van der Waals surface area contributed by atoms with Crippen LogP contribution in [0, 0.1) is 11.8 Å². The number of hydrogen-bond acceptors (Lipinski definition) is 2. The standard InChI is InChI=1S/C12H25NO/c1-10(2)11(5-4-8-14-3)9-13-12-6-7-12/h10-13H,4-9H2,1-3H3. The normalized spacial score (nSPS) is 18.9. The van der Waals surface area contributed by atoms with Crippen LogP contribution < -0.4 is 5.32 Å². The third-order valence-electron chi connectivity index (χ3n) is 3.11. The summed E-state index contributed by atoms with van der Waals surface area (Å²) in [6.45, 7) is 6.76. The average molecular weight is 199 g/mol. The summed E-state index contributed by atoms with van der Waals surface area (Å²) in [5, 5.41) is 3.62. The molecule has 0 heterocycles. The Morgan fingerprint density at radius 2 is 2.07 bits per heavy atom. The van der Waals surface area contributed by atoms with E-state index < -0.39 is 0 Å². The molecule has 2 heteroatoms. The average Bonchev–Trinajstić information content (AvgIpc) is 2.94. The molecule has 1 aliphatic carbocycles. The summed E-state index contributed by atoms with van der Waals surface area (Å²) in [6.07, 6.45) is 5.28. The molecule has 1 fully saturated rings. The second-order valence-electron chi connectivity index (χ2n) is 4.82. The van der Waals surface area contributed by atoms with Crippen molar-refractivity contribution in [2.45, 2.75) is 45.6 Å². The molecule has 0 saturated heterocycles. The molecule has 0 aromatic rings. The van der Waals surface area contributed by atoms with Crippen molar-refractivity contribution in [1.82, 2.24) is 5.32 Å². The van der Waals surface area contributed by atoms with E-state index in [1.54, 1.807) is 7.11 Å². The van der Waals surface area contributed by atoms with Crippen molar-refractivity contribution < 1.29 is 4.74 Å². The molecule has 0 spiro atoms. The third kappa shape index (κ3) is 4.97. The summed E-state index contributed by atoms with van der Waals surface area (Å²) in [5.41, 5.74) is 0. The van der Waals surface area contributed by atoms with Crippen molar-refractivity contribution in [2.24, 2.45) is 11.8 Å². The van der Waals surface area contributed by atoms with Crippen LogP contribution in [0.5, 0.6) is 0 Å². The van der Waals surface area contributed by atoms with Crippen molar-refractivity contribution in [3.63, 3.8) is 0 Å². The zero-order chi connectivity index (χ0) is 10.4. The van der Waals surface area contributed by atoms with Gasteiger partial charge in [0, 0.05) is 19.8 Å². The highest BCUT2D eigenvalue weighted by molar-refractivity contribution is 4.82. The van der Waals surface area contributed by atoms with Crippen molar-refractivity contribution in [1.29, 1.82) is 0 Å². The van der Waals surface area contributed by atoms with E-state index in [-0.39, 0.29) is 0 Å². The van der Waals surface area contributed by atoms with Gasteiger partial charge in [0.1, 0.15) is 0 Å². The van der Waals surface area contributed by atoms with Gasteiger partial charge >= 0.3 is 0 Å². The van der Waals surface area contributed by atoms with E-state index in [0.29, 0.717) is 0 Å². The first-order chi connectivity index (χ1) is 6.74. The van der Waals surface area contributed by atoms with Crippen LogP contribution >= 0.6 is 0 Å². The molecule has 1 aliphatic rings. The van der Waals surface area contributed by atoms with Crippen molar-refractivity contribution >= 4 is 0 Å². The lowest BCUT2D eigenvalue weighted by molar-refractivity contribution is 0.181. The van der Waals surface area contributed by atoms with Crippen molar-refractivity contribution in [3.8, 4) is 0 Å². The zero-order valence-electron chi connectivity index (χ0n) is 9.88. The Kier molecular flexibility index (Phi) is 5.49. The fourth-order valence-electron chi connectivity index (χ4n) is 1.77. The third-order valence-corrected chi connectivity index (χ3v) is 3.11. The largest absolute Gasteiger partial charge is 0.385 e. The Hall–Kier alpha value is -0.0800. The van der Waals surface area contributed by atoms with Crippen LogP contribution in [-0.4, -0.2) is 26.3 Å². The van der Waals surface area contributed by atoms with Crippen LogP contribution in [0.2, 0.25) is 0 Å². The number of hydrogen-bond donors (Lipinski definition) is 1. The Bertz CT molecular complexity index is 143. The molecule has 84 valence electrons. The van der Waals surface area contributed by atoms with Gasteiger partial charge in [0.25, 0.3) is 0 Å². The molecular formula is C12H25NO. The first-order valence-corrected chi connectivity index (χ1v) is 5.96. The predicted molar refractivity (Wildman–Crippen MR) is 60.5 cm³/mol. The van der Waals surface area contributed by atoms with E-state index in [1.807, 2.05) is 0 Å². The molecule has 0 radical (unpaired) electrons. The number of nitrogens with one attached hydrogen (secondary N) is 1. The Labute approximate surface area is 88.4 Å². The molecule has 0 bridgehead atoms. The Balaban J connectivity index is 2.09. The van der Waals surface area contributed by atoms with Gasteiger partial charge < -0.3 is 10.1 Å². The molecule has 1 unspecified atom stereocenters. The van der Waals surface area contributed by atoms with Crippen LogP contribution in [0.15, 0.2) is 0 Å². The molecule has 1 rings (SSSR count). The smallest absolute Gasteiger partial charge is 0.0462 e. The topological polar surface area (TPSA) is 21.3 Å². The molecule has 1 atom stereocenters. The molecular weight excluding hydrogens is 174 g/mol. The van der Waals surface area contributed by atoms with Crippen LogP contribution in [0.25, 0.3) is 0 Å². The Morgan fingerprint density at radius 3 is 2.57 bits per heavy atom. The number of rotatable bonds is 8. The maximum Gasteiger partial charge on any atom is 0.0462 e. The maximum atomic E-state index is 5.09. The lowest BCUT2D eigenvalue weighted by atomic mass is 9.91. The minimum Gasteiger partial charge on any atom is -0.385 e. The van der Waals surface area contributed by atoms with Crippen LogP contribution in [0.3, 0.4) is 0 Å². The fraction of sp³-hybridized carbons (Fsp3) is 1.00. The first kappa shape index (κ1) is 12.0. The molecule has 14 heavy (non-hydrogen) atoms. The Morgan fingerprint density at radius 1 is 1.36 bits per heavy atom. The summed E-state index contributed by atoms with van der Waals surface area (Å²) < 4.78 is 5.09. The van der Waals surface area contributed by atoms with E-state index in [0.717, 1.165) is 24.5 Å². The second-order valence-corrected chi connectivity index (χ2v) is 4.82. The number of methoxy groups -OCH3 is 1. The molecule has 1 N–H and O–H groups in total. The molecule has 0 aromatic heterocycles. The van der Waals surface area contributed by atoms with Gasteiger partial charge in [-0.3, -0.25) is 0 Å². The van der Waals surface area contributed by atoms with Gasteiger partial charge in [-0.15, -0.1) is 0 Å². The lowest BCUT2D eigenvalue weighted by Crippen LogP contribution is -2.28. The quantitative estimate of drug-likeness (QED) is 0.606. The highest BCUT2D eigenvalue weighted by Crippen LogP contribution is 2.21. The van der Waals surface area contributed by atoms with Gasteiger partial charge in [-0.1, -0.05) is 13.8 Å². The maximum absolute atomic E-state index is 5.09. The van der Waals surface area contributed by atoms with E-state index in [2.05, 4.69) is 19.2 Å². The van der Waals surface area contributed by atoms with E-state index in [9.17, 15) is 0 Å². The predicted octanol–water partition coefficient (Wildman–Crippen LogP) is 2.44. The SMILES string of the molecule is COCCCC(CNC1CC1)C(C)C. The summed E-state index contributed by atoms with van der Waals surface area (Å²) in [5.74, 6) is 1.61. The van der Waals surface area contributed by atoms with Crippen LogP contribution in [0.1, 0.15) is 39.5 Å². The molecule has 1 saturated carbocycles. The monoisotopic (exact) mass is 199 g/mol. The van der Waals surface area contributed by atoms with Gasteiger partial charge in [0.2, 0.25) is 0 Å². The number of ether oxygens (including phenoxy) is 1. The van der Waals surface area contributed by atoms with Gasteiger partial charge in [0.05, 0.1) is 0 Å². The minimum atomic E-state index is 0.790. The highest BCUT2D eigenvalue weighted by atomic mass is 16.5. The summed E-state index contributed by atoms with van der Waals surface area (Å²) in [6, 6.07) is 0.846. The summed E-state index contributed by atoms with van der Waals surface area (Å²) in [7, 11) is 1.78. The molecule has 2 nitrogen and oxygen atoms in total. The second kappa shape index (κ2) is 6.41. The van der Waals surface area contributed by atoms with E-state index >= 15 is 0 Å². The zero-order valence-corrected chi connectivity index (χ0v) is 9.88. The van der Waals surface area contributed by atoms with Crippen molar-refractivity contribution in [2.75, 3.05) is 20.3 Å². The highest BCUT2D eigenvalue weighted by Gasteiger charge is 2.22. The summed E-state index contributed by atoms with van der Waals surface area (Å²) >= 11 is 0. The van der Waals surface area contributed by atoms with Crippen LogP contribution in [-0.2, 0) is 4.74 Å². The first-order valence-electron chi connectivity index (χ1n) is 5.96. The lowest BCUT2D eigenvalue weighted by Gasteiger charge is -2.21. The fourth-order valence-corrected chi connectivity index (χ4v) is 1.77. The summed E-state index contributed by atoms with van der Waals surface area (Å²) in [4.78, 5) is 0. The van der Waals surface area contributed by atoms with Gasteiger partial charge in [0.15, 0.2) is 0 Å². The molecule has 0 amide bonds. The molecule has 0 aliphatic heterocycles.